The molecule has 4 bridgehead atoms. The summed E-state index contributed by atoms with van der Waals surface area (Å²) in [5.41, 5.74) is 1.88. The molecule has 1 aliphatic carbocycles. The zero-order valence-electron chi connectivity index (χ0n) is 44.8. The van der Waals surface area contributed by atoms with Gasteiger partial charge < -0.3 is 58.9 Å². The number of Topliss-reactive ketones (excluding diaryl/α,β-unsaturated/α-hetero) is 3. The van der Waals surface area contributed by atoms with Gasteiger partial charge in [-0.25, -0.2) is 4.79 Å². The predicted octanol–water partition coefficient (Wildman–Crippen LogP) is 5.06. The number of amides is 1. The molecule has 5 aliphatic rings. The topological polar surface area (TPSA) is 245 Å². The van der Waals surface area contributed by atoms with E-state index in [0.29, 0.717) is 63.4 Å². The summed E-state index contributed by atoms with van der Waals surface area (Å²) in [6, 6.07) is -1.20. The van der Waals surface area contributed by atoms with Gasteiger partial charge in [-0.3, -0.25) is 19.2 Å². The highest BCUT2D eigenvalue weighted by molar-refractivity contribution is 6.39. The van der Waals surface area contributed by atoms with Gasteiger partial charge in [0.15, 0.2) is 5.78 Å². The molecule has 412 valence electrons. The summed E-state index contributed by atoms with van der Waals surface area (Å²) >= 11 is 0. The number of aliphatic hydroxyl groups excluding tert-OH is 4. The molecule has 0 spiro atoms. The van der Waals surface area contributed by atoms with Crippen molar-refractivity contribution >= 4 is 29.2 Å². The van der Waals surface area contributed by atoms with Crippen molar-refractivity contribution in [3.8, 4) is 0 Å². The first-order chi connectivity index (χ1) is 34.6. The first-order valence-electron chi connectivity index (χ1n) is 26.8. The van der Waals surface area contributed by atoms with Crippen LogP contribution in [-0.4, -0.2) is 167 Å². The molecule has 17 nitrogen and oxygen atoms in total. The quantitative estimate of drug-likeness (QED) is 0.133. The van der Waals surface area contributed by atoms with Crippen LogP contribution in [0.5, 0.6) is 0 Å². The maximum Gasteiger partial charge on any atom is 0.329 e. The van der Waals surface area contributed by atoms with Crippen LogP contribution >= 0.6 is 0 Å². The van der Waals surface area contributed by atoms with Crippen LogP contribution in [0.15, 0.2) is 47.1 Å². The molecule has 73 heavy (non-hydrogen) atoms. The predicted molar refractivity (Wildman–Crippen MR) is 270 cm³/mol. The molecule has 5 rings (SSSR count). The Morgan fingerprint density at radius 1 is 0.863 bits per heavy atom. The lowest BCUT2D eigenvalue weighted by molar-refractivity contribution is -0.266. The molecule has 0 radical (unpaired) electrons. The van der Waals surface area contributed by atoms with E-state index in [1.54, 1.807) is 40.9 Å². The van der Waals surface area contributed by atoms with Gasteiger partial charge in [-0.2, -0.15) is 0 Å². The van der Waals surface area contributed by atoms with E-state index in [-0.39, 0.29) is 87.5 Å². The van der Waals surface area contributed by atoms with Crippen molar-refractivity contribution in [1.82, 2.24) is 4.90 Å². The van der Waals surface area contributed by atoms with Gasteiger partial charge in [0.05, 0.1) is 50.3 Å². The number of ketones is 3. The number of cyclic esters (lactones) is 1. The minimum atomic E-state index is -2.54. The van der Waals surface area contributed by atoms with Crippen molar-refractivity contribution in [3.63, 3.8) is 0 Å². The fourth-order valence-electron chi connectivity index (χ4n) is 11.3. The first-order valence-corrected chi connectivity index (χ1v) is 26.8. The number of carbonyl (C=O) groups is 5. The number of fused-ring (bicyclic) bond motifs is 4. The van der Waals surface area contributed by atoms with Crippen LogP contribution in [0.3, 0.4) is 0 Å². The Bertz CT molecular complexity index is 2000. The van der Waals surface area contributed by atoms with Gasteiger partial charge in [-0.15, -0.1) is 0 Å². The first kappa shape index (κ1) is 60.4. The van der Waals surface area contributed by atoms with Gasteiger partial charge in [0.25, 0.3) is 11.7 Å². The Labute approximate surface area is 432 Å². The Morgan fingerprint density at radius 2 is 1.59 bits per heavy atom. The lowest BCUT2D eigenvalue weighted by atomic mass is 9.78. The molecular weight excluding hydrogens is 943 g/mol. The van der Waals surface area contributed by atoms with E-state index in [4.69, 9.17) is 28.4 Å². The maximum absolute atomic E-state index is 14.5. The van der Waals surface area contributed by atoms with Gasteiger partial charge in [0.2, 0.25) is 5.79 Å². The third kappa shape index (κ3) is 16.0. The van der Waals surface area contributed by atoms with Crippen LogP contribution in [0.1, 0.15) is 132 Å². The normalized spacial score (nSPS) is 41.2. The third-order valence-electron chi connectivity index (χ3n) is 16.2. The second-order valence-electron chi connectivity index (χ2n) is 22.0. The lowest BCUT2D eigenvalue weighted by Gasteiger charge is -2.43. The highest BCUT2D eigenvalue weighted by Gasteiger charge is 2.53. The number of piperidine rings is 1. The third-order valence-corrected chi connectivity index (χ3v) is 16.2. The summed E-state index contributed by atoms with van der Waals surface area (Å²) in [5.74, 6) is -8.64. The van der Waals surface area contributed by atoms with Crippen molar-refractivity contribution in [3.05, 3.63) is 47.1 Å². The molecule has 17 atom stereocenters. The number of hydrogen-bond acceptors (Lipinski definition) is 16. The second kappa shape index (κ2) is 28.0. The van der Waals surface area contributed by atoms with E-state index in [0.717, 1.165) is 16.0 Å². The smallest absolute Gasteiger partial charge is 0.329 e. The van der Waals surface area contributed by atoms with Gasteiger partial charge in [-0.05, 0) is 113 Å². The Morgan fingerprint density at radius 3 is 2.29 bits per heavy atom. The van der Waals surface area contributed by atoms with E-state index in [1.807, 2.05) is 45.1 Å². The largest absolute Gasteiger partial charge is 0.460 e. The second-order valence-corrected chi connectivity index (χ2v) is 22.0. The fraction of sp³-hybridized carbons (Fsp3) is 0.768. The number of aliphatic hydroxyl groups is 5. The molecule has 5 N–H and O–H groups in total. The minimum absolute atomic E-state index is 0.0402. The standard InChI is InChI=1S/C56H87NO16/c1-32-14-10-11-15-40-26-43(29-58)70-30-41(59)31-71-48(38(40)7)27-42-19-17-37(6)56(67,73-42)53(64)54(65)57-21-13-12-16-44(57)55(66)72-47(34(3)24-39-18-20-45(60)49(25-39)68-8)28-46(61)33(2)23-36(5)51(63)52(69-9)50(62)35(4)22-32/h10-11,14-15,23,32-35,37,39,41-45,47-49,51-52,58-60,63,67H,12-13,16-22,24-31H2,1-9H3/b14-10+,15-11+,36-23+,40-38-/t32-,33-,34-,35-,37-,39+,41?,42+,43?,44+,45-,47+,48?,49-,51-,52+,56-/m1/s1. The maximum atomic E-state index is 14.5. The number of esters is 1. The Hall–Kier alpha value is -3.49. The molecule has 4 heterocycles. The van der Waals surface area contributed by atoms with Crippen LogP contribution < -0.4 is 0 Å². The lowest BCUT2D eigenvalue weighted by Crippen LogP contribution is -2.61. The van der Waals surface area contributed by atoms with E-state index < -0.39 is 96.1 Å². The summed E-state index contributed by atoms with van der Waals surface area (Å²) in [5, 5.41) is 55.3. The zero-order valence-corrected chi connectivity index (χ0v) is 44.8. The van der Waals surface area contributed by atoms with E-state index >= 15 is 0 Å². The highest BCUT2D eigenvalue weighted by Crippen LogP contribution is 2.38. The number of carbonyl (C=O) groups excluding carboxylic acids is 5. The summed E-state index contributed by atoms with van der Waals surface area (Å²) in [7, 11) is 2.92. The minimum Gasteiger partial charge on any atom is -0.460 e. The number of rotatable bonds is 6. The molecule has 3 unspecified atom stereocenters. The van der Waals surface area contributed by atoms with E-state index in [9.17, 15) is 49.5 Å². The molecule has 0 aromatic rings. The number of ether oxygens (including phenoxy) is 6. The Balaban J connectivity index is 1.53. The molecule has 2 saturated heterocycles. The molecule has 0 aromatic heterocycles. The monoisotopic (exact) mass is 1030 g/mol. The van der Waals surface area contributed by atoms with E-state index in [2.05, 4.69) is 0 Å². The summed E-state index contributed by atoms with van der Waals surface area (Å²) in [4.78, 5) is 72.7. The summed E-state index contributed by atoms with van der Waals surface area (Å²) < 4.78 is 35.9. The van der Waals surface area contributed by atoms with Gasteiger partial charge >= 0.3 is 5.97 Å². The average molecular weight is 1030 g/mol. The molecule has 1 amide bonds. The fourth-order valence-corrected chi connectivity index (χ4v) is 11.3. The SMILES string of the molecule is CO[C@@H]1C[C@H](C[C@@H](C)[C@@H]2CC(=O)[C@H](C)/C=C(\C)[C@@H](O)[C@@H](OC)C(=O)[C@H](C)C[C@H](C)/C=C/C=C/C3=C(\C)C(C[C@@H]4CC[C@@H](C)[C@@](O)(O4)C(=O)C(=O)N4CCCC[C@H]4C(=O)O2)OCC(O)COC(CO)C3)CC[C@H]1O. The summed E-state index contributed by atoms with van der Waals surface area (Å²) in [6.45, 7) is 12.0. The zero-order chi connectivity index (χ0) is 53.7. The van der Waals surface area contributed by atoms with Gasteiger partial charge in [0.1, 0.15) is 36.2 Å². The number of hydrogen-bond donors (Lipinski definition) is 5. The molecule has 17 heteroatoms. The number of allylic oxidation sites excluding steroid dienone is 5. The molecule has 3 fully saturated rings. The average Bonchev–Trinajstić information content (AvgIpc) is 3.37. The van der Waals surface area contributed by atoms with Crippen molar-refractivity contribution in [2.75, 3.05) is 40.6 Å². The molecule has 0 aromatic carbocycles. The van der Waals surface area contributed by atoms with Crippen molar-refractivity contribution < 1.29 is 77.9 Å². The summed E-state index contributed by atoms with van der Waals surface area (Å²) in [6.07, 6.45) is 6.47. The van der Waals surface area contributed by atoms with Crippen LogP contribution in [-0.2, 0) is 52.4 Å². The van der Waals surface area contributed by atoms with Crippen LogP contribution in [0.4, 0.5) is 0 Å². The van der Waals surface area contributed by atoms with Crippen molar-refractivity contribution in [2.24, 2.45) is 35.5 Å². The molecule has 4 aliphatic heterocycles. The highest BCUT2D eigenvalue weighted by atomic mass is 16.6. The van der Waals surface area contributed by atoms with Crippen molar-refractivity contribution in [1.29, 1.82) is 0 Å². The van der Waals surface area contributed by atoms with Crippen LogP contribution in [0.2, 0.25) is 0 Å². The van der Waals surface area contributed by atoms with Crippen LogP contribution in [0.25, 0.3) is 0 Å². The van der Waals surface area contributed by atoms with Gasteiger partial charge in [-0.1, -0.05) is 65.0 Å². The van der Waals surface area contributed by atoms with Crippen LogP contribution in [0, 0.1) is 35.5 Å². The molecular formula is C56H87NO16. The molecule has 1 saturated carbocycles. The number of nitrogens with zero attached hydrogens (tertiary/aromatic N) is 1. The van der Waals surface area contributed by atoms with Crippen molar-refractivity contribution in [2.45, 2.75) is 199 Å². The number of methoxy groups -OCH3 is 2. The Kier molecular flexibility index (Phi) is 23.2. The van der Waals surface area contributed by atoms with Gasteiger partial charge in [0, 0.05) is 57.8 Å². The van der Waals surface area contributed by atoms with E-state index in [1.165, 1.54) is 7.11 Å².